The van der Waals surface area contributed by atoms with Crippen LogP contribution >= 0.6 is 0 Å². The molecule has 0 bridgehead atoms. The fourth-order valence-corrected chi connectivity index (χ4v) is 2.12. The number of nitrogens with zero attached hydrogens (tertiary/aromatic N) is 1. The van der Waals surface area contributed by atoms with Gasteiger partial charge in [-0.05, 0) is 37.7 Å². The van der Waals surface area contributed by atoms with Crippen molar-refractivity contribution in [1.82, 2.24) is 10.2 Å². The molecule has 0 fully saturated rings. The average molecular weight is 323 g/mol. The Morgan fingerprint density at radius 3 is 2.61 bits per heavy atom. The van der Waals surface area contributed by atoms with Gasteiger partial charge in [-0.15, -0.1) is 0 Å². The molecule has 0 heterocycles. The van der Waals surface area contributed by atoms with Crippen molar-refractivity contribution >= 4 is 11.7 Å². The van der Waals surface area contributed by atoms with E-state index in [1.807, 2.05) is 25.1 Å². The number of urea groups is 1. The van der Waals surface area contributed by atoms with Crippen molar-refractivity contribution in [2.75, 3.05) is 51.8 Å². The third kappa shape index (κ3) is 7.34. The number of carbonyl (C=O) groups excluding carboxylic acids is 1. The Bertz CT molecular complexity index is 476. The molecule has 1 rings (SSSR count). The van der Waals surface area contributed by atoms with Crippen LogP contribution in [0.1, 0.15) is 19.4 Å². The number of amides is 2. The first-order valence-corrected chi connectivity index (χ1v) is 8.10. The van der Waals surface area contributed by atoms with Crippen LogP contribution < -0.4 is 15.4 Å². The second-order valence-corrected chi connectivity index (χ2v) is 5.25. The van der Waals surface area contributed by atoms with Crippen LogP contribution in [0.3, 0.4) is 0 Å². The summed E-state index contributed by atoms with van der Waals surface area (Å²) in [6.07, 6.45) is 0. The van der Waals surface area contributed by atoms with E-state index in [1.54, 1.807) is 7.11 Å². The highest BCUT2D eigenvalue weighted by Crippen LogP contribution is 2.25. The zero-order chi connectivity index (χ0) is 17.1. The third-order valence-electron chi connectivity index (χ3n) is 3.54. The summed E-state index contributed by atoms with van der Waals surface area (Å²) in [5.41, 5.74) is 1.73. The van der Waals surface area contributed by atoms with E-state index in [0.29, 0.717) is 31.2 Å². The monoisotopic (exact) mass is 323 g/mol. The highest BCUT2D eigenvalue weighted by atomic mass is 16.5. The summed E-state index contributed by atoms with van der Waals surface area (Å²) in [6, 6.07) is 5.47. The number of anilines is 1. The van der Waals surface area contributed by atoms with Crippen LogP contribution in [0.15, 0.2) is 18.2 Å². The maximum Gasteiger partial charge on any atom is 0.319 e. The zero-order valence-corrected chi connectivity index (χ0v) is 14.6. The molecule has 0 saturated carbocycles. The quantitative estimate of drug-likeness (QED) is 0.649. The maximum atomic E-state index is 12.0. The minimum absolute atomic E-state index is 0.224. The van der Waals surface area contributed by atoms with E-state index in [1.165, 1.54) is 0 Å². The van der Waals surface area contributed by atoms with Crippen molar-refractivity contribution in [3.05, 3.63) is 23.8 Å². The molecule has 1 aromatic rings. The number of ether oxygens (including phenoxy) is 2. The molecule has 0 aromatic heterocycles. The summed E-state index contributed by atoms with van der Waals surface area (Å²) in [5, 5.41) is 5.71. The summed E-state index contributed by atoms with van der Waals surface area (Å²) in [5.74, 6) is 0.654. The second-order valence-electron chi connectivity index (χ2n) is 5.25. The summed E-state index contributed by atoms with van der Waals surface area (Å²) in [4.78, 5) is 14.3. The van der Waals surface area contributed by atoms with E-state index in [-0.39, 0.29) is 6.03 Å². The molecular weight excluding hydrogens is 294 g/mol. The average Bonchev–Trinajstić information content (AvgIpc) is 2.54. The highest BCUT2D eigenvalue weighted by Gasteiger charge is 2.08. The lowest BCUT2D eigenvalue weighted by Gasteiger charge is -2.18. The van der Waals surface area contributed by atoms with Gasteiger partial charge in [0.25, 0.3) is 0 Å². The Morgan fingerprint density at radius 2 is 1.96 bits per heavy atom. The van der Waals surface area contributed by atoms with Crippen LogP contribution in [-0.4, -0.2) is 57.4 Å². The van der Waals surface area contributed by atoms with Crippen LogP contribution in [0.25, 0.3) is 0 Å². The van der Waals surface area contributed by atoms with Gasteiger partial charge in [-0.25, -0.2) is 4.79 Å². The van der Waals surface area contributed by atoms with Crippen molar-refractivity contribution in [3.63, 3.8) is 0 Å². The summed E-state index contributed by atoms with van der Waals surface area (Å²) in [6.45, 7) is 10.6. The first-order chi connectivity index (χ1) is 11.1. The number of hydrogen-bond acceptors (Lipinski definition) is 4. The van der Waals surface area contributed by atoms with Gasteiger partial charge in [0.05, 0.1) is 12.3 Å². The molecule has 0 unspecified atom stereocenters. The largest absolute Gasteiger partial charge is 0.489 e. The normalized spacial score (nSPS) is 10.7. The Morgan fingerprint density at radius 1 is 1.22 bits per heavy atom. The molecule has 0 aliphatic rings. The van der Waals surface area contributed by atoms with Gasteiger partial charge in [0.15, 0.2) is 0 Å². The standard InChI is InChI=1S/C17H29N3O3/c1-5-20(6-2)10-9-18-17(21)19-15-8-7-14(3)13-16(15)23-12-11-22-4/h7-8,13H,5-6,9-12H2,1-4H3,(H2,18,19,21). The smallest absolute Gasteiger partial charge is 0.319 e. The van der Waals surface area contributed by atoms with Crippen LogP contribution in [-0.2, 0) is 4.74 Å². The Balaban J connectivity index is 2.52. The maximum absolute atomic E-state index is 12.0. The Labute approximate surface area is 139 Å². The van der Waals surface area contributed by atoms with E-state index in [2.05, 4.69) is 29.4 Å². The lowest BCUT2D eigenvalue weighted by atomic mass is 10.2. The van der Waals surface area contributed by atoms with E-state index in [0.717, 1.165) is 25.2 Å². The van der Waals surface area contributed by atoms with Crippen molar-refractivity contribution in [2.24, 2.45) is 0 Å². The fourth-order valence-electron chi connectivity index (χ4n) is 2.12. The predicted molar refractivity (Wildman–Crippen MR) is 93.4 cm³/mol. The van der Waals surface area contributed by atoms with Gasteiger partial charge >= 0.3 is 6.03 Å². The van der Waals surface area contributed by atoms with Gasteiger partial charge in [-0.3, -0.25) is 0 Å². The van der Waals surface area contributed by atoms with Gasteiger partial charge in [0.2, 0.25) is 0 Å². The van der Waals surface area contributed by atoms with E-state index >= 15 is 0 Å². The molecule has 0 atom stereocenters. The van der Waals surface area contributed by atoms with Gasteiger partial charge in [-0.2, -0.15) is 0 Å². The molecule has 0 radical (unpaired) electrons. The third-order valence-corrected chi connectivity index (χ3v) is 3.54. The van der Waals surface area contributed by atoms with Crippen LogP contribution in [0, 0.1) is 6.92 Å². The first-order valence-electron chi connectivity index (χ1n) is 8.10. The van der Waals surface area contributed by atoms with Crippen LogP contribution in [0.4, 0.5) is 10.5 Å². The number of benzene rings is 1. The molecule has 0 saturated heterocycles. The minimum Gasteiger partial charge on any atom is -0.489 e. The van der Waals surface area contributed by atoms with E-state index in [4.69, 9.17) is 9.47 Å². The van der Waals surface area contributed by atoms with Gasteiger partial charge < -0.3 is 25.0 Å². The van der Waals surface area contributed by atoms with Crippen LogP contribution in [0.5, 0.6) is 5.75 Å². The number of nitrogens with one attached hydrogen (secondary N) is 2. The van der Waals surface area contributed by atoms with E-state index in [9.17, 15) is 4.79 Å². The molecule has 6 heteroatoms. The van der Waals surface area contributed by atoms with Gasteiger partial charge in [0, 0.05) is 20.2 Å². The number of rotatable bonds is 10. The van der Waals surface area contributed by atoms with Crippen LogP contribution in [0.2, 0.25) is 0 Å². The van der Waals surface area contributed by atoms with E-state index < -0.39 is 0 Å². The topological polar surface area (TPSA) is 62.8 Å². The molecule has 130 valence electrons. The zero-order valence-electron chi connectivity index (χ0n) is 14.6. The van der Waals surface area contributed by atoms with Gasteiger partial charge in [-0.1, -0.05) is 19.9 Å². The molecule has 2 N–H and O–H groups in total. The molecular formula is C17H29N3O3. The van der Waals surface area contributed by atoms with Crippen molar-refractivity contribution in [1.29, 1.82) is 0 Å². The predicted octanol–water partition coefficient (Wildman–Crippen LogP) is 2.48. The second kappa shape index (κ2) is 10.9. The number of likely N-dealkylation sites (N-methyl/N-ethyl adjacent to an activating group) is 1. The van der Waals surface area contributed by atoms with Crippen molar-refractivity contribution in [2.45, 2.75) is 20.8 Å². The molecule has 1 aromatic carbocycles. The van der Waals surface area contributed by atoms with Gasteiger partial charge in [0.1, 0.15) is 12.4 Å². The lowest BCUT2D eigenvalue weighted by Crippen LogP contribution is -2.37. The fraction of sp³-hybridized carbons (Fsp3) is 0.588. The molecule has 6 nitrogen and oxygen atoms in total. The number of carbonyl (C=O) groups is 1. The van der Waals surface area contributed by atoms with Crippen molar-refractivity contribution < 1.29 is 14.3 Å². The lowest BCUT2D eigenvalue weighted by molar-refractivity contribution is 0.146. The summed E-state index contributed by atoms with van der Waals surface area (Å²) in [7, 11) is 1.63. The molecule has 0 spiro atoms. The molecule has 2 amide bonds. The highest BCUT2D eigenvalue weighted by molar-refractivity contribution is 5.90. The summed E-state index contributed by atoms with van der Waals surface area (Å²) < 4.78 is 10.6. The summed E-state index contributed by atoms with van der Waals surface area (Å²) >= 11 is 0. The molecule has 0 aliphatic heterocycles. The first kappa shape index (κ1) is 19.3. The minimum atomic E-state index is -0.224. The number of methoxy groups -OCH3 is 1. The van der Waals surface area contributed by atoms with Crippen molar-refractivity contribution in [3.8, 4) is 5.75 Å². The SMILES string of the molecule is CCN(CC)CCNC(=O)Nc1ccc(C)cc1OCCOC. The Kier molecular flexibility index (Phi) is 9.09. The Hall–Kier alpha value is -1.79. The molecule has 23 heavy (non-hydrogen) atoms. The molecule has 0 aliphatic carbocycles. The number of hydrogen-bond donors (Lipinski definition) is 2. The number of aryl methyl sites for hydroxylation is 1.